The van der Waals surface area contributed by atoms with E-state index in [0.29, 0.717) is 5.92 Å². The summed E-state index contributed by atoms with van der Waals surface area (Å²) in [6.45, 7) is 7.78. The van der Waals surface area contributed by atoms with Crippen molar-refractivity contribution in [3.63, 3.8) is 0 Å². The van der Waals surface area contributed by atoms with Crippen LogP contribution in [0.4, 0.5) is 0 Å². The molecule has 1 atom stereocenters. The third-order valence-corrected chi connectivity index (χ3v) is 4.48. The zero-order valence-electron chi connectivity index (χ0n) is 11.5. The monoisotopic (exact) mass is 241 g/mol. The summed E-state index contributed by atoms with van der Waals surface area (Å²) in [7, 11) is 0. The quantitative estimate of drug-likeness (QED) is 0.650. The molecule has 1 aromatic rings. The van der Waals surface area contributed by atoms with Crippen molar-refractivity contribution in [1.29, 1.82) is 0 Å². The largest absolute Gasteiger partial charge is 0.0817 e. The Morgan fingerprint density at radius 1 is 1.17 bits per heavy atom. The van der Waals surface area contributed by atoms with Crippen LogP contribution in [0.2, 0.25) is 0 Å². The van der Waals surface area contributed by atoms with Crippen molar-refractivity contribution in [2.45, 2.75) is 51.4 Å². The molecule has 1 unspecified atom stereocenters. The summed E-state index contributed by atoms with van der Waals surface area (Å²) in [5.74, 6) is 2.32. The Morgan fingerprint density at radius 3 is 2.44 bits per heavy atom. The zero-order valence-corrected chi connectivity index (χ0v) is 11.5. The van der Waals surface area contributed by atoms with Crippen molar-refractivity contribution < 1.29 is 0 Å². The van der Waals surface area contributed by atoms with Crippen LogP contribution in [0.3, 0.4) is 0 Å². The van der Waals surface area contributed by atoms with E-state index in [-0.39, 0.29) is 0 Å². The van der Waals surface area contributed by atoms with Gasteiger partial charge < -0.3 is 0 Å². The van der Waals surface area contributed by atoms with Gasteiger partial charge in [-0.2, -0.15) is 0 Å². The van der Waals surface area contributed by atoms with E-state index in [2.05, 4.69) is 37.3 Å². The summed E-state index contributed by atoms with van der Waals surface area (Å²) in [6.07, 6.45) is 10.0. The molecule has 0 bridgehead atoms. The van der Waals surface area contributed by atoms with E-state index in [1.54, 1.807) is 5.56 Å². The van der Waals surface area contributed by atoms with Gasteiger partial charge in [-0.15, -0.1) is 0 Å². The molecule has 0 aromatic heterocycles. The highest BCUT2D eigenvalue weighted by molar-refractivity contribution is 5.19. The van der Waals surface area contributed by atoms with Gasteiger partial charge in [0, 0.05) is 0 Å². The van der Waals surface area contributed by atoms with E-state index in [9.17, 15) is 0 Å². The van der Waals surface area contributed by atoms with Gasteiger partial charge in [0.2, 0.25) is 0 Å². The van der Waals surface area contributed by atoms with Crippen molar-refractivity contribution >= 4 is 0 Å². The molecule has 18 heavy (non-hydrogen) atoms. The molecule has 0 aliphatic heterocycles. The van der Waals surface area contributed by atoms with E-state index in [1.165, 1.54) is 38.5 Å². The number of benzene rings is 1. The second-order valence-corrected chi connectivity index (χ2v) is 5.88. The fourth-order valence-corrected chi connectivity index (χ4v) is 3.10. The van der Waals surface area contributed by atoms with Crippen molar-refractivity contribution in [3.8, 4) is 0 Å². The topological polar surface area (TPSA) is 0 Å². The van der Waals surface area contributed by atoms with Gasteiger partial charge in [0.25, 0.3) is 0 Å². The summed E-state index contributed by atoms with van der Waals surface area (Å²) >= 11 is 0. The molecule has 1 radical (unpaired) electrons. The van der Waals surface area contributed by atoms with E-state index >= 15 is 0 Å². The van der Waals surface area contributed by atoms with Crippen LogP contribution in [0.1, 0.15) is 56.9 Å². The van der Waals surface area contributed by atoms with Gasteiger partial charge in [0.1, 0.15) is 0 Å². The lowest BCUT2D eigenvalue weighted by molar-refractivity contribution is 0.297. The van der Waals surface area contributed by atoms with Crippen molar-refractivity contribution in [2.75, 3.05) is 0 Å². The van der Waals surface area contributed by atoms with Crippen molar-refractivity contribution in [2.24, 2.45) is 11.8 Å². The number of rotatable bonds is 5. The molecule has 1 aliphatic carbocycles. The average molecular weight is 241 g/mol. The Hall–Kier alpha value is -1.04. The maximum atomic E-state index is 5.56. The smallest absolute Gasteiger partial charge is 0.0162 e. The molecule has 0 heteroatoms. The highest BCUT2D eigenvalue weighted by atomic mass is 14.3. The molecule has 97 valence electrons. The molecule has 0 heterocycles. The SMILES string of the molecule is [CH]=CC(C)CCC1CCC(c2ccccc2)CC1. The lowest BCUT2D eigenvalue weighted by Gasteiger charge is -2.29. The summed E-state index contributed by atoms with van der Waals surface area (Å²) in [5.41, 5.74) is 1.54. The molecule has 0 spiro atoms. The van der Waals surface area contributed by atoms with Gasteiger partial charge in [-0.25, -0.2) is 0 Å². The maximum absolute atomic E-state index is 5.56. The summed E-state index contributed by atoms with van der Waals surface area (Å²) in [4.78, 5) is 0. The predicted molar refractivity (Wildman–Crippen MR) is 78.4 cm³/mol. The van der Waals surface area contributed by atoms with Crippen LogP contribution >= 0.6 is 0 Å². The van der Waals surface area contributed by atoms with Crippen molar-refractivity contribution in [1.82, 2.24) is 0 Å². The molecule has 1 aliphatic rings. The van der Waals surface area contributed by atoms with E-state index in [4.69, 9.17) is 6.58 Å². The molecule has 1 fully saturated rings. The molecule has 1 saturated carbocycles. The number of allylic oxidation sites excluding steroid dienone is 1. The minimum atomic E-state index is 0.580. The number of hydrogen-bond acceptors (Lipinski definition) is 0. The third-order valence-electron chi connectivity index (χ3n) is 4.48. The van der Waals surface area contributed by atoms with Gasteiger partial charge in [-0.3, -0.25) is 0 Å². The fraction of sp³-hybridized carbons (Fsp3) is 0.556. The van der Waals surface area contributed by atoms with Gasteiger partial charge >= 0.3 is 0 Å². The Kier molecular flexibility index (Phi) is 5.04. The normalized spacial score (nSPS) is 25.6. The standard InChI is InChI=1S/C18H25/c1-3-15(2)9-10-16-11-13-18(14-12-16)17-7-5-4-6-8-17/h1,3-8,15-16,18H,9-14H2,2H3. The molecule has 1 aromatic carbocycles. The number of hydrogen-bond donors (Lipinski definition) is 0. The first-order chi connectivity index (χ1) is 8.79. The van der Waals surface area contributed by atoms with E-state index in [1.807, 2.05) is 6.08 Å². The van der Waals surface area contributed by atoms with Crippen molar-refractivity contribution in [3.05, 3.63) is 48.6 Å². The first kappa shape index (κ1) is 13.4. The molecule has 0 saturated heterocycles. The molecular weight excluding hydrogens is 216 g/mol. The Balaban J connectivity index is 1.76. The van der Waals surface area contributed by atoms with Crippen LogP contribution in [0, 0.1) is 18.4 Å². The van der Waals surface area contributed by atoms with Gasteiger partial charge in [-0.1, -0.05) is 49.9 Å². The predicted octanol–water partition coefficient (Wildman–Crippen LogP) is 5.37. The Labute approximate surface area is 112 Å². The van der Waals surface area contributed by atoms with Crippen LogP contribution in [0.15, 0.2) is 36.4 Å². The third kappa shape index (κ3) is 3.73. The Bertz CT molecular complexity index is 344. The van der Waals surface area contributed by atoms with Gasteiger partial charge in [0.15, 0.2) is 0 Å². The molecular formula is C18H25. The van der Waals surface area contributed by atoms with Crippen LogP contribution in [-0.2, 0) is 0 Å². The lowest BCUT2D eigenvalue weighted by Crippen LogP contribution is -2.14. The second-order valence-electron chi connectivity index (χ2n) is 5.88. The highest BCUT2D eigenvalue weighted by Crippen LogP contribution is 2.37. The maximum Gasteiger partial charge on any atom is -0.0162 e. The van der Waals surface area contributed by atoms with E-state index in [0.717, 1.165) is 11.8 Å². The summed E-state index contributed by atoms with van der Waals surface area (Å²) < 4.78 is 0. The Morgan fingerprint density at radius 2 is 1.83 bits per heavy atom. The fourth-order valence-electron chi connectivity index (χ4n) is 3.10. The minimum absolute atomic E-state index is 0.580. The van der Waals surface area contributed by atoms with Gasteiger partial charge in [0.05, 0.1) is 0 Å². The minimum Gasteiger partial charge on any atom is -0.0817 e. The first-order valence-corrected chi connectivity index (χ1v) is 7.39. The van der Waals surface area contributed by atoms with Gasteiger partial charge in [-0.05, 0) is 61.8 Å². The first-order valence-electron chi connectivity index (χ1n) is 7.39. The molecule has 0 nitrogen and oxygen atoms in total. The second kappa shape index (κ2) is 6.78. The lowest BCUT2D eigenvalue weighted by atomic mass is 9.76. The molecule has 0 N–H and O–H groups in total. The zero-order chi connectivity index (χ0) is 12.8. The van der Waals surface area contributed by atoms with Crippen LogP contribution in [0.25, 0.3) is 0 Å². The van der Waals surface area contributed by atoms with Crippen LogP contribution in [-0.4, -0.2) is 0 Å². The highest BCUT2D eigenvalue weighted by Gasteiger charge is 2.22. The van der Waals surface area contributed by atoms with Crippen LogP contribution in [0.5, 0.6) is 0 Å². The molecule has 0 amide bonds. The average Bonchev–Trinajstić information content (AvgIpc) is 2.46. The summed E-state index contributed by atoms with van der Waals surface area (Å²) in [5, 5.41) is 0. The van der Waals surface area contributed by atoms with Crippen LogP contribution < -0.4 is 0 Å². The molecule has 2 rings (SSSR count). The summed E-state index contributed by atoms with van der Waals surface area (Å²) in [6, 6.07) is 11.0. The van der Waals surface area contributed by atoms with E-state index < -0.39 is 0 Å².